The van der Waals surface area contributed by atoms with E-state index in [0.717, 1.165) is 18.5 Å². The van der Waals surface area contributed by atoms with Crippen molar-refractivity contribution in [3.05, 3.63) is 71.8 Å². The van der Waals surface area contributed by atoms with Gasteiger partial charge >= 0.3 is 5.97 Å². The van der Waals surface area contributed by atoms with E-state index in [4.69, 9.17) is 28.8 Å². The molecule has 0 fully saturated rings. The van der Waals surface area contributed by atoms with Crippen LogP contribution in [0.1, 0.15) is 22.8 Å². The monoisotopic (exact) mass is 735 g/mol. The van der Waals surface area contributed by atoms with Crippen LogP contribution in [0.15, 0.2) is 59.8 Å². The molecule has 0 aliphatic rings. The van der Waals surface area contributed by atoms with Crippen LogP contribution in [0, 0.1) is 5.82 Å². The lowest BCUT2D eigenvalue weighted by atomic mass is 10.1. The van der Waals surface area contributed by atoms with Gasteiger partial charge in [-0.2, -0.15) is 0 Å². The van der Waals surface area contributed by atoms with Gasteiger partial charge in [0.15, 0.2) is 5.78 Å². The molecule has 1 aromatic heterocycles. The lowest BCUT2D eigenvalue weighted by Gasteiger charge is -2.10. The van der Waals surface area contributed by atoms with E-state index in [1.54, 1.807) is 0 Å². The lowest BCUT2D eigenvalue weighted by molar-refractivity contribution is -0.136. The van der Waals surface area contributed by atoms with E-state index in [1.807, 2.05) is 0 Å². The summed E-state index contributed by atoms with van der Waals surface area (Å²) in [4.78, 5) is 53.4. The predicted molar refractivity (Wildman–Crippen MR) is 176 cm³/mol. The molecule has 276 valence electrons. The van der Waals surface area contributed by atoms with Crippen molar-refractivity contribution in [2.45, 2.75) is 18.2 Å². The number of aliphatic carboxylic acids is 1. The van der Waals surface area contributed by atoms with Gasteiger partial charge in [0.1, 0.15) is 30.5 Å². The Hall–Kier alpha value is -5.08. The average molecular weight is 736 g/mol. The van der Waals surface area contributed by atoms with Crippen molar-refractivity contribution in [2.24, 2.45) is 0 Å². The highest BCUT2D eigenvalue weighted by Crippen LogP contribution is 2.25. The van der Waals surface area contributed by atoms with Crippen molar-refractivity contribution >= 4 is 39.5 Å². The number of amides is 2. The molecule has 0 atom stereocenters. The van der Waals surface area contributed by atoms with Crippen molar-refractivity contribution in [1.29, 1.82) is 0 Å². The summed E-state index contributed by atoms with van der Waals surface area (Å²) < 4.78 is 68.2. The Morgan fingerprint density at radius 2 is 1.37 bits per heavy atom. The van der Waals surface area contributed by atoms with E-state index < -0.39 is 34.1 Å². The van der Waals surface area contributed by atoms with Crippen molar-refractivity contribution < 1.29 is 60.8 Å². The first kappa shape index (κ1) is 40.4. The molecule has 0 bridgehead atoms. The summed E-state index contributed by atoms with van der Waals surface area (Å²) in [6.45, 7) is 3.14. The van der Waals surface area contributed by atoms with Crippen LogP contribution in [0.5, 0.6) is 11.5 Å². The molecule has 0 spiro atoms. The fraction of sp³-hybridized carbons (Fsp3) is 0.375. The summed E-state index contributed by atoms with van der Waals surface area (Å²) in [5, 5.41) is 14.2. The molecule has 0 radical (unpaired) electrons. The Bertz CT molecular complexity index is 1710. The van der Waals surface area contributed by atoms with Gasteiger partial charge in [-0.3, -0.25) is 19.2 Å². The van der Waals surface area contributed by atoms with Gasteiger partial charge < -0.3 is 39.4 Å². The molecule has 17 nitrogen and oxygen atoms in total. The van der Waals surface area contributed by atoms with E-state index >= 15 is 0 Å². The molecule has 0 saturated heterocycles. The van der Waals surface area contributed by atoms with Gasteiger partial charge in [-0.05, 0) is 49.4 Å². The van der Waals surface area contributed by atoms with Crippen molar-refractivity contribution in [3.63, 3.8) is 0 Å². The maximum atomic E-state index is 13.8. The molecule has 3 rings (SSSR count). The van der Waals surface area contributed by atoms with Gasteiger partial charge in [-0.25, -0.2) is 27.5 Å². The van der Waals surface area contributed by atoms with E-state index in [1.165, 1.54) is 43.3 Å². The molecular formula is C32H38FN5O12S. The third-order valence-electron chi connectivity index (χ3n) is 6.25. The minimum atomic E-state index is -4.12. The standard InChI is InChI=1S/C32H38FN5O12S/c1-22(39)20-48-14-12-46-10-8-34-29(40)21-49-15-13-47-11-9-35-31(43)24-18-36-32(37-19-24)38-51(44,45)27-5-2-25(3-6-27)50-26-4-7-28(33)23(16-26)17-30(41)42/h2-7,16,18-19H,8-15,17,20-21H2,1H3,(H,34,40)(H,35,43)(H,41,42)(H,36,37,38). The van der Waals surface area contributed by atoms with Crippen molar-refractivity contribution in [1.82, 2.24) is 20.6 Å². The fourth-order valence-corrected chi connectivity index (χ4v) is 4.84. The minimum Gasteiger partial charge on any atom is -0.481 e. The van der Waals surface area contributed by atoms with E-state index in [-0.39, 0.29) is 98.0 Å². The summed E-state index contributed by atoms with van der Waals surface area (Å²) in [5.74, 6) is -2.68. The molecule has 0 aliphatic carbocycles. The number of nitrogens with zero attached hydrogens (tertiary/aromatic N) is 2. The zero-order valence-corrected chi connectivity index (χ0v) is 28.4. The number of carbonyl (C=O) groups excluding carboxylic acids is 3. The summed E-state index contributed by atoms with van der Waals surface area (Å²) in [6.07, 6.45) is 1.77. The van der Waals surface area contributed by atoms with Crippen LogP contribution in [-0.4, -0.2) is 113 Å². The number of hydrogen-bond acceptors (Lipinski definition) is 13. The van der Waals surface area contributed by atoms with Gasteiger partial charge in [-0.15, -0.1) is 0 Å². The van der Waals surface area contributed by atoms with Crippen LogP contribution >= 0.6 is 0 Å². The van der Waals surface area contributed by atoms with E-state index in [9.17, 15) is 32.0 Å². The van der Waals surface area contributed by atoms with Crippen molar-refractivity contribution in [3.8, 4) is 11.5 Å². The second-order valence-electron chi connectivity index (χ2n) is 10.4. The number of ketones is 1. The van der Waals surface area contributed by atoms with Crippen LogP contribution in [-0.2, 0) is 49.8 Å². The third-order valence-corrected chi connectivity index (χ3v) is 7.60. The Morgan fingerprint density at radius 1 is 0.784 bits per heavy atom. The number of hydrogen-bond donors (Lipinski definition) is 4. The number of nitrogens with one attached hydrogen (secondary N) is 3. The first-order valence-electron chi connectivity index (χ1n) is 15.4. The maximum Gasteiger partial charge on any atom is 0.307 e. The maximum absolute atomic E-state index is 13.8. The zero-order chi connectivity index (χ0) is 37.1. The molecule has 0 saturated carbocycles. The number of Topliss-reactive ketones (excluding diaryl/α,β-unsaturated/α-hetero) is 1. The van der Waals surface area contributed by atoms with Crippen LogP contribution in [0.25, 0.3) is 0 Å². The molecule has 3 aromatic rings. The molecule has 4 N–H and O–H groups in total. The van der Waals surface area contributed by atoms with Crippen molar-refractivity contribution in [2.75, 3.05) is 70.7 Å². The average Bonchev–Trinajstić information content (AvgIpc) is 3.08. The Kier molecular flexibility index (Phi) is 16.8. The Morgan fingerprint density at radius 3 is 2.00 bits per heavy atom. The van der Waals surface area contributed by atoms with Crippen LogP contribution in [0.2, 0.25) is 0 Å². The topological polar surface area (TPSA) is 231 Å². The zero-order valence-electron chi connectivity index (χ0n) is 27.6. The number of sulfonamides is 1. The van der Waals surface area contributed by atoms with Gasteiger partial charge in [0, 0.05) is 31.0 Å². The predicted octanol–water partition coefficient (Wildman–Crippen LogP) is 1.34. The van der Waals surface area contributed by atoms with Gasteiger partial charge in [0.25, 0.3) is 15.9 Å². The summed E-state index contributed by atoms with van der Waals surface area (Å²) in [7, 11) is -4.12. The smallest absolute Gasteiger partial charge is 0.307 e. The van der Waals surface area contributed by atoms with Crippen LogP contribution in [0.3, 0.4) is 0 Å². The van der Waals surface area contributed by atoms with Gasteiger partial charge in [-0.1, -0.05) is 0 Å². The number of aromatic nitrogens is 2. The molecule has 1 heterocycles. The second kappa shape index (κ2) is 21.2. The number of carbonyl (C=O) groups is 4. The number of rotatable bonds is 24. The molecule has 0 aliphatic heterocycles. The SMILES string of the molecule is CC(=O)COCCOCCNC(=O)COCCOCCNC(=O)c1cnc(NS(=O)(=O)c2ccc(Oc3ccc(F)c(CC(=O)O)c3)cc2)nc1. The quantitative estimate of drug-likeness (QED) is 0.0952. The van der Waals surface area contributed by atoms with Gasteiger partial charge in [0.2, 0.25) is 11.9 Å². The van der Waals surface area contributed by atoms with Crippen LogP contribution in [0.4, 0.5) is 10.3 Å². The minimum absolute atomic E-state index is 0.0428. The normalized spacial score (nSPS) is 11.1. The molecule has 2 aromatic carbocycles. The summed E-state index contributed by atoms with van der Waals surface area (Å²) >= 11 is 0. The first-order chi connectivity index (χ1) is 24.4. The number of ether oxygens (including phenoxy) is 5. The number of anilines is 1. The highest BCUT2D eigenvalue weighted by Gasteiger charge is 2.17. The third kappa shape index (κ3) is 15.6. The summed E-state index contributed by atoms with van der Waals surface area (Å²) in [6, 6.07) is 8.86. The fourth-order valence-electron chi connectivity index (χ4n) is 3.89. The number of halogens is 1. The van der Waals surface area contributed by atoms with Gasteiger partial charge in [0.05, 0.1) is 56.5 Å². The first-order valence-corrected chi connectivity index (χ1v) is 16.9. The van der Waals surface area contributed by atoms with Crippen LogP contribution < -0.4 is 20.1 Å². The Balaban J connectivity index is 1.29. The van der Waals surface area contributed by atoms with E-state index in [0.29, 0.717) is 13.2 Å². The largest absolute Gasteiger partial charge is 0.481 e. The molecule has 19 heteroatoms. The highest BCUT2D eigenvalue weighted by molar-refractivity contribution is 7.92. The Labute approximate surface area is 292 Å². The highest BCUT2D eigenvalue weighted by atomic mass is 32.2. The van der Waals surface area contributed by atoms with E-state index in [2.05, 4.69) is 25.3 Å². The molecule has 2 amide bonds. The molecule has 0 unspecified atom stereocenters. The summed E-state index contributed by atoms with van der Waals surface area (Å²) in [5.41, 5.74) is 0.0123. The number of carboxylic acid groups (broad SMARTS) is 1. The number of benzene rings is 2. The molecular weight excluding hydrogens is 697 g/mol. The second-order valence-corrected chi connectivity index (χ2v) is 12.1. The molecule has 51 heavy (non-hydrogen) atoms. The lowest BCUT2D eigenvalue weighted by Crippen LogP contribution is -2.31. The number of carboxylic acids is 1.